The van der Waals surface area contributed by atoms with E-state index in [4.69, 9.17) is 0 Å². The quantitative estimate of drug-likeness (QED) is 0.581. The fourth-order valence-electron chi connectivity index (χ4n) is 4.85. The first-order valence-electron chi connectivity index (χ1n) is 9.80. The molecule has 0 saturated carbocycles. The van der Waals surface area contributed by atoms with Crippen LogP contribution in [0.4, 0.5) is 11.4 Å². The van der Waals surface area contributed by atoms with E-state index >= 15 is 0 Å². The molecule has 2 heterocycles. The van der Waals surface area contributed by atoms with E-state index in [0.29, 0.717) is 12.1 Å². The zero-order chi connectivity index (χ0) is 17.8. The van der Waals surface area contributed by atoms with Gasteiger partial charge in [-0.1, -0.05) is 36.4 Å². The van der Waals surface area contributed by atoms with E-state index in [-0.39, 0.29) is 0 Å². The summed E-state index contributed by atoms with van der Waals surface area (Å²) in [4.78, 5) is 4.97. The van der Waals surface area contributed by atoms with Gasteiger partial charge in [0.25, 0.3) is 0 Å². The summed E-state index contributed by atoms with van der Waals surface area (Å²) in [7, 11) is 0. The van der Waals surface area contributed by atoms with Crippen LogP contribution in [0.2, 0.25) is 0 Å². The van der Waals surface area contributed by atoms with Crippen LogP contribution in [0.15, 0.2) is 54.9 Å². The predicted octanol–water partition coefficient (Wildman–Crippen LogP) is 5.79. The number of fused-ring (bicyclic) bond motifs is 3. The summed E-state index contributed by atoms with van der Waals surface area (Å²) in [6.45, 7) is 6.96. The highest BCUT2D eigenvalue weighted by molar-refractivity contribution is 5.89. The van der Waals surface area contributed by atoms with Crippen LogP contribution in [-0.2, 0) is 6.42 Å². The highest BCUT2D eigenvalue weighted by Gasteiger charge is 2.31. The Balaban J connectivity index is 1.76. The van der Waals surface area contributed by atoms with Gasteiger partial charge < -0.3 is 9.80 Å². The molecule has 2 heteroatoms. The Morgan fingerprint density at radius 2 is 1.58 bits per heavy atom. The molecule has 0 spiro atoms. The Bertz CT molecular complexity index is 937. The van der Waals surface area contributed by atoms with E-state index in [9.17, 15) is 0 Å². The molecule has 2 aliphatic heterocycles. The van der Waals surface area contributed by atoms with Crippen LogP contribution >= 0.6 is 0 Å². The minimum atomic E-state index is 0.530. The third-order valence-corrected chi connectivity index (χ3v) is 6.28. The molecule has 2 atom stereocenters. The van der Waals surface area contributed by atoms with Crippen molar-refractivity contribution in [2.75, 3.05) is 9.80 Å². The van der Waals surface area contributed by atoms with Gasteiger partial charge in [0.15, 0.2) is 0 Å². The van der Waals surface area contributed by atoms with Crippen molar-refractivity contribution in [3.8, 4) is 11.1 Å². The van der Waals surface area contributed by atoms with Crippen molar-refractivity contribution in [2.24, 2.45) is 0 Å². The van der Waals surface area contributed by atoms with Crippen molar-refractivity contribution in [2.45, 2.75) is 52.1 Å². The van der Waals surface area contributed by atoms with E-state index in [1.165, 1.54) is 39.2 Å². The van der Waals surface area contributed by atoms with Crippen LogP contribution in [-0.4, -0.2) is 12.1 Å². The van der Waals surface area contributed by atoms with Crippen LogP contribution in [0.5, 0.6) is 0 Å². The lowest BCUT2D eigenvalue weighted by atomic mass is 9.97. The molecule has 2 nitrogen and oxygen atoms in total. The van der Waals surface area contributed by atoms with Gasteiger partial charge in [-0.05, 0) is 67.5 Å². The van der Waals surface area contributed by atoms with E-state index in [0.717, 1.165) is 19.3 Å². The molecule has 0 radical (unpaired) electrons. The molecule has 0 saturated heterocycles. The number of hydrogen-bond donors (Lipinski definition) is 0. The molecule has 5 rings (SSSR count). The minimum Gasteiger partial charge on any atom is -0.345 e. The Morgan fingerprint density at radius 3 is 2.27 bits per heavy atom. The van der Waals surface area contributed by atoms with Crippen LogP contribution < -0.4 is 9.80 Å². The third kappa shape index (κ3) is 2.18. The summed E-state index contributed by atoms with van der Waals surface area (Å²) in [5.41, 5.74) is 10.0. The van der Waals surface area contributed by atoms with Crippen LogP contribution in [0, 0.1) is 6.92 Å². The molecule has 26 heavy (non-hydrogen) atoms. The molecule has 0 unspecified atom stereocenters. The molecule has 3 aliphatic rings. The monoisotopic (exact) mass is 342 g/mol. The van der Waals surface area contributed by atoms with E-state index in [1.54, 1.807) is 0 Å². The van der Waals surface area contributed by atoms with Gasteiger partial charge in [-0.25, -0.2) is 0 Å². The Kier molecular flexibility index (Phi) is 3.49. The molecule has 1 aliphatic carbocycles. The van der Waals surface area contributed by atoms with Crippen molar-refractivity contribution in [3.63, 3.8) is 0 Å². The van der Waals surface area contributed by atoms with Gasteiger partial charge in [0.05, 0.1) is 5.69 Å². The van der Waals surface area contributed by atoms with Gasteiger partial charge >= 0.3 is 0 Å². The fourth-order valence-corrected chi connectivity index (χ4v) is 4.85. The number of rotatable bonds is 2. The second kappa shape index (κ2) is 5.77. The number of benzene rings is 2. The maximum Gasteiger partial charge on any atom is 0.0501 e. The summed E-state index contributed by atoms with van der Waals surface area (Å²) < 4.78 is 0. The van der Waals surface area contributed by atoms with Gasteiger partial charge in [-0.15, -0.1) is 0 Å². The summed E-state index contributed by atoms with van der Waals surface area (Å²) in [6.07, 6.45) is 12.5. The molecular weight excluding hydrogens is 316 g/mol. The van der Waals surface area contributed by atoms with Crippen molar-refractivity contribution < 1.29 is 0 Å². The first-order valence-corrected chi connectivity index (χ1v) is 9.80. The van der Waals surface area contributed by atoms with Gasteiger partial charge in [-0.3, -0.25) is 0 Å². The zero-order valence-corrected chi connectivity index (χ0v) is 15.9. The van der Waals surface area contributed by atoms with Crippen LogP contribution in [0.3, 0.4) is 0 Å². The van der Waals surface area contributed by atoms with Gasteiger partial charge in [0.2, 0.25) is 0 Å². The lowest BCUT2D eigenvalue weighted by molar-refractivity contribution is 0.747. The second-order valence-corrected chi connectivity index (χ2v) is 7.98. The summed E-state index contributed by atoms with van der Waals surface area (Å²) in [5, 5.41) is 0. The Morgan fingerprint density at radius 1 is 0.885 bits per heavy atom. The maximum absolute atomic E-state index is 2.51. The highest BCUT2D eigenvalue weighted by atomic mass is 15.2. The lowest BCUT2D eigenvalue weighted by Gasteiger charge is -2.32. The minimum absolute atomic E-state index is 0.530. The number of nitrogens with zero attached hydrogens (tertiary/aromatic N) is 2. The molecular formula is C24H26N2. The molecule has 0 amide bonds. The first-order chi connectivity index (χ1) is 12.6. The van der Waals surface area contributed by atoms with E-state index in [2.05, 4.69) is 85.5 Å². The molecule has 2 aromatic rings. The number of anilines is 2. The van der Waals surface area contributed by atoms with Crippen LogP contribution in [0.1, 0.15) is 43.4 Å². The lowest BCUT2D eigenvalue weighted by Crippen LogP contribution is -2.28. The standard InChI is InChI=1S/C24H26N2/c1-16-8-6-12-25(16)23-15-21-20-11-5-4-10-19(20)14-22(21)24(18(23)3)26-13-7-9-17(26)2/h4-7,10-13,15-17H,8-9,14H2,1-3H3/t16-,17+/m1/s1. The van der Waals surface area contributed by atoms with Gasteiger partial charge in [0, 0.05) is 36.6 Å². The second-order valence-electron chi connectivity index (χ2n) is 7.98. The third-order valence-electron chi connectivity index (χ3n) is 6.28. The number of hydrogen-bond acceptors (Lipinski definition) is 2. The van der Waals surface area contributed by atoms with E-state index < -0.39 is 0 Å². The molecule has 2 aromatic carbocycles. The molecule has 0 N–H and O–H groups in total. The van der Waals surface area contributed by atoms with Gasteiger partial charge in [-0.2, -0.15) is 0 Å². The SMILES string of the molecule is Cc1c(N2C=CC[C@H]2C)cc2c(c1N1C=CC[C@@H]1C)Cc1ccccc1-2. The highest BCUT2D eigenvalue weighted by Crippen LogP contribution is 2.48. The fraction of sp³-hybridized carbons (Fsp3) is 0.333. The van der Waals surface area contributed by atoms with Crippen LogP contribution in [0.25, 0.3) is 11.1 Å². The van der Waals surface area contributed by atoms with Crippen molar-refractivity contribution >= 4 is 11.4 Å². The molecule has 0 fully saturated rings. The van der Waals surface area contributed by atoms with Gasteiger partial charge in [0.1, 0.15) is 0 Å². The Hall–Kier alpha value is -2.48. The van der Waals surface area contributed by atoms with Crippen molar-refractivity contribution in [1.82, 2.24) is 0 Å². The zero-order valence-electron chi connectivity index (χ0n) is 15.9. The normalized spacial score (nSPS) is 23.0. The summed E-state index contributed by atoms with van der Waals surface area (Å²) >= 11 is 0. The average Bonchev–Trinajstić information content (AvgIpc) is 3.33. The molecule has 0 aromatic heterocycles. The van der Waals surface area contributed by atoms with Crippen molar-refractivity contribution in [1.29, 1.82) is 0 Å². The van der Waals surface area contributed by atoms with E-state index in [1.807, 2.05) is 0 Å². The smallest absolute Gasteiger partial charge is 0.0501 e. The van der Waals surface area contributed by atoms with Crippen molar-refractivity contribution in [3.05, 3.63) is 71.6 Å². The largest absolute Gasteiger partial charge is 0.345 e. The predicted molar refractivity (Wildman–Crippen MR) is 111 cm³/mol. The summed E-state index contributed by atoms with van der Waals surface area (Å²) in [5.74, 6) is 0. The summed E-state index contributed by atoms with van der Waals surface area (Å²) in [6, 6.07) is 12.4. The molecule has 132 valence electrons. The first kappa shape index (κ1) is 15.7. The maximum atomic E-state index is 2.51. The average molecular weight is 342 g/mol. The topological polar surface area (TPSA) is 6.48 Å². The Labute approximate surface area is 156 Å². The molecule has 0 bridgehead atoms.